The Balaban J connectivity index is 1.79. The van der Waals surface area contributed by atoms with Crippen molar-refractivity contribution in [3.05, 3.63) is 11.1 Å². The lowest BCUT2D eigenvalue weighted by atomic mass is 9.45. The number of fused-ring (bicyclic) bond motifs is 5. The van der Waals surface area contributed by atoms with Crippen LogP contribution in [0.15, 0.2) is 16.1 Å². The number of aliphatic imine (C=N–C) groups is 1. The predicted octanol–water partition coefficient (Wildman–Crippen LogP) is 2.28. The number of unbranched alkanes of at least 4 members (excludes halogenated alkanes) is 2. The highest BCUT2D eigenvalue weighted by Crippen LogP contribution is 2.64. The molecule has 3 fully saturated rings. The molecule has 4 aliphatic rings. The Kier molecular flexibility index (Phi) is 8.44. The first-order chi connectivity index (χ1) is 18.9. The molecule has 7 atom stereocenters. The maximum atomic E-state index is 13.9. The smallest absolute Gasteiger partial charge is 0.340 e. The second-order valence-electron chi connectivity index (χ2n) is 11.7. The normalized spacial score (nSPS) is 35.4. The van der Waals surface area contributed by atoms with Crippen molar-refractivity contribution >= 4 is 41.5 Å². The summed E-state index contributed by atoms with van der Waals surface area (Å²) in [5, 5.41) is 8.78. The zero-order chi connectivity index (χ0) is 29.4. The number of carbonyl (C=O) groups is 6. The van der Waals surface area contributed by atoms with Crippen LogP contribution in [0.1, 0.15) is 65.7 Å². The van der Waals surface area contributed by atoms with Crippen LogP contribution < -0.4 is 0 Å². The van der Waals surface area contributed by atoms with Gasteiger partial charge in [0.05, 0.1) is 12.2 Å². The number of ether oxygens (including phenoxy) is 3. The largest absolute Gasteiger partial charge is 0.481 e. The van der Waals surface area contributed by atoms with Gasteiger partial charge < -0.3 is 19.3 Å². The van der Waals surface area contributed by atoms with Crippen molar-refractivity contribution in [3.8, 4) is 0 Å². The van der Waals surface area contributed by atoms with Crippen molar-refractivity contribution in [1.82, 2.24) is 0 Å². The van der Waals surface area contributed by atoms with Gasteiger partial charge in [0.25, 0.3) is 0 Å². The number of nitrogens with zero attached hydrogens (tertiary/aromatic N) is 1. The molecule has 3 saturated carbocycles. The summed E-state index contributed by atoms with van der Waals surface area (Å²) < 4.78 is 17.0. The number of hydrogen-bond acceptors (Lipinski definition) is 10. The molecular formula is C29H37NO10. The van der Waals surface area contributed by atoms with Crippen LogP contribution in [0.2, 0.25) is 0 Å². The number of Topliss-reactive ketones (excluding diaryl/α,β-unsaturated/α-hetero) is 3. The molecule has 218 valence electrons. The standard InChI is InChI=1S/C29H37NO10/c1-15(31)39-18-12-28(2)17(9-10-19(28)32)22-24(18)29(3)20(14-38-4)40-27(37)16(23(29)26(36)25(22)35)13-30-11-7-5-6-8-21(33)34/h13,17-18,20,22,24H,5-12,14H2,1-4H3,(H,33,34). The van der Waals surface area contributed by atoms with Crippen molar-refractivity contribution in [2.75, 3.05) is 20.3 Å². The highest BCUT2D eigenvalue weighted by Gasteiger charge is 2.70. The van der Waals surface area contributed by atoms with Crippen molar-refractivity contribution in [2.45, 2.75) is 77.9 Å². The van der Waals surface area contributed by atoms with E-state index >= 15 is 0 Å². The highest BCUT2D eigenvalue weighted by atomic mass is 16.6. The number of rotatable bonds is 10. The minimum absolute atomic E-state index is 0.0143. The molecule has 11 nitrogen and oxygen atoms in total. The van der Waals surface area contributed by atoms with E-state index in [-0.39, 0.29) is 49.3 Å². The summed E-state index contributed by atoms with van der Waals surface area (Å²) in [6, 6.07) is 0. The Bertz CT molecular complexity index is 1190. The quantitative estimate of drug-likeness (QED) is 0.182. The van der Waals surface area contributed by atoms with E-state index in [1.165, 1.54) is 20.2 Å². The maximum Gasteiger partial charge on any atom is 0.340 e. The Labute approximate surface area is 232 Å². The number of aliphatic carboxylic acids is 1. The fourth-order valence-corrected chi connectivity index (χ4v) is 7.58. The number of esters is 2. The van der Waals surface area contributed by atoms with E-state index < -0.39 is 70.3 Å². The van der Waals surface area contributed by atoms with Gasteiger partial charge in [0, 0.05) is 67.9 Å². The van der Waals surface area contributed by atoms with Gasteiger partial charge in [0.15, 0.2) is 0 Å². The summed E-state index contributed by atoms with van der Waals surface area (Å²) in [6.07, 6.45) is 2.12. The van der Waals surface area contributed by atoms with Gasteiger partial charge in [-0.25, -0.2) is 4.79 Å². The minimum atomic E-state index is -1.25. The number of carbonyl (C=O) groups excluding carboxylic acids is 5. The summed E-state index contributed by atoms with van der Waals surface area (Å²) in [7, 11) is 1.44. The molecule has 3 aliphatic carbocycles. The Morgan fingerprint density at radius 2 is 1.88 bits per heavy atom. The molecule has 0 amide bonds. The SMILES string of the molecule is COCC1OC(=O)C(C=NCCCCCC(=O)O)=C2C(=O)C(=O)C3C4CCC(=O)C4(C)CC(OC(C)=O)C3C21C. The van der Waals surface area contributed by atoms with Crippen molar-refractivity contribution in [2.24, 2.45) is 33.6 Å². The molecule has 0 aromatic rings. The van der Waals surface area contributed by atoms with E-state index in [0.717, 1.165) is 0 Å². The van der Waals surface area contributed by atoms with E-state index in [1.54, 1.807) is 13.8 Å². The molecule has 4 rings (SSSR count). The lowest BCUT2D eigenvalue weighted by Gasteiger charge is -2.59. The molecule has 7 unspecified atom stereocenters. The van der Waals surface area contributed by atoms with E-state index in [2.05, 4.69) is 4.99 Å². The van der Waals surface area contributed by atoms with Crippen molar-refractivity contribution in [3.63, 3.8) is 0 Å². The summed E-state index contributed by atoms with van der Waals surface area (Å²) in [5.41, 5.74) is -2.30. The fraction of sp³-hybridized carbons (Fsp3) is 0.690. The molecule has 0 radical (unpaired) electrons. The lowest BCUT2D eigenvalue weighted by molar-refractivity contribution is -0.196. The number of hydrogen-bond donors (Lipinski definition) is 1. The molecule has 1 aliphatic heterocycles. The molecule has 0 aromatic heterocycles. The summed E-state index contributed by atoms with van der Waals surface area (Å²) in [4.78, 5) is 81.2. The Morgan fingerprint density at radius 1 is 1.15 bits per heavy atom. The number of carboxylic acids is 1. The predicted molar refractivity (Wildman–Crippen MR) is 139 cm³/mol. The second-order valence-corrected chi connectivity index (χ2v) is 11.7. The first-order valence-electron chi connectivity index (χ1n) is 13.8. The summed E-state index contributed by atoms with van der Waals surface area (Å²) >= 11 is 0. The number of cyclic esters (lactones) is 1. The molecule has 0 aromatic carbocycles. The highest BCUT2D eigenvalue weighted by molar-refractivity contribution is 6.47. The first-order valence-corrected chi connectivity index (χ1v) is 13.8. The monoisotopic (exact) mass is 559 g/mol. The third-order valence-electron chi connectivity index (χ3n) is 9.41. The van der Waals surface area contributed by atoms with Crippen LogP contribution in [0.4, 0.5) is 0 Å². The Hall–Kier alpha value is -3.21. The molecule has 0 saturated heterocycles. The van der Waals surface area contributed by atoms with Gasteiger partial charge in [-0.15, -0.1) is 0 Å². The maximum absolute atomic E-state index is 13.9. The molecule has 0 bridgehead atoms. The minimum Gasteiger partial charge on any atom is -0.481 e. The van der Waals surface area contributed by atoms with Gasteiger partial charge in [-0.3, -0.25) is 29.0 Å². The molecule has 1 heterocycles. The van der Waals surface area contributed by atoms with Crippen LogP contribution in [0.3, 0.4) is 0 Å². The molecule has 40 heavy (non-hydrogen) atoms. The van der Waals surface area contributed by atoms with Crippen LogP contribution in [0.5, 0.6) is 0 Å². The van der Waals surface area contributed by atoms with Crippen LogP contribution >= 0.6 is 0 Å². The average Bonchev–Trinajstić information content (AvgIpc) is 3.17. The first kappa shape index (κ1) is 29.8. The number of methoxy groups -OCH3 is 1. The molecular weight excluding hydrogens is 522 g/mol. The zero-order valence-electron chi connectivity index (χ0n) is 23.4. The van der Waals surface area contributed by atoms with Gasteiger partial charge in [0.1, 0.15) is 18.0 Å². The van der Waals surface area contributed by atoms with E-state index in [4.69, 9.17) is 19.3 Å². The third kappa shape index (κ3) is 4.93. The molecule has 0 spiro atoms. The number of ketones is 3. The van der Waals surface area contributed by atoms with Crippen LogP contribution in [0.25, 0.3) is 0 Å². The van der Waals surface area contributed by atoms with Gasteiger partial charge in [-0.1, -0.05) is 20.3 Å². The topological polar surface area (TPSA) is 163 Å². The van der Waals surface area contributed by atoms with Gasteiger partial charge in [0.2, 0.25) is 11.6 Å². The lowest BCUT2D eigenvalue weighted by Crippen LogP contribution is -2.67. The summed E-state index contributed by atoms with van der Waals surface area (Å²) in [5.74, 6) is -5.79. The van der Waals surface area contributed by atoms with Gasteiger partial charge in [-0.05, 0) is 31.6 Å². The van der Waals surface area contributed by atoms with Crippen LogP contribution in [-0.4, -0.2) is 79.0 Å². The van der Waals surface area contributed by atoms with Crippen molar-refractivity contribution in [1.29, 1.82) is 0 Å². The van der Waals surface area contributed by atoms with E-state index in [1.807, 2.05) is 0 Å². The van der Waals surface area contributed by atoms with Crippen LogP contribution in [0, 0.1) is 28.6 Å². The van der Waals surface area contributed by atoms with Crippen LogP contribution in [-0.2, 0) is 43.0 Å². The van der Waals surface area contributed by atoms with E-state index in [0.29, 0.717) is 25.7 Å². The molecule has 1 N–H and O–H groups in total. The Morgan fingerprint density at radius 3 is 2.52 bits per heavy atom. The zero-order valence-corrected chi connectivity index (χ0v) is 23.4. The molecule has 11 heteroatoms. The van der Waals surface area contributed by atoms with Gasteiger partial charge >= 0.3 is 17.9 Å². The van der Waals surface area contributed by atoms with Crippen molar-refractivity contribution < 1.29 is 48.1 Å². The summed E-state index contributed by atoms with van der Waals surface area (Å²) in [6.45, 7) is 5.02. The number of carboxylic acid groups (broad SMARTS) is 1. The fourth-order valence-electron chi connectivity index (χ4n) is 7.58. The van der Waals surface area contributed by atoms with E-state index in [9.17, 15) is 28.8 Å². The second kappa shape index (κ2) is 11.3. The third-order valence-corrected chi connectivity index (χ3v) is 9.41. The average molecular weight is 560 g/mol. The van der Waals surface area contributed by atoms with Gasteiger partial charge in [-0.2, -0.15) is 0 Å².